The zero-order chi connectivity index (χ0) is 20.3. The van der Waals surface area contributed by atoms with E-state index >= 15 is 0 Å². The van der Waals surface area contributed by atoms with Crippen LogP contribution in [0.15, 0.2) is 82.7 Å². The number of aryl methyl sites for hydroxylation is 1. The first-order chi connectivity index (χ1) is 14.0. The van der Waals surface area contributed by atoms with Crippen LogP contribution >= 0.6 is 0 Å². The lowest BCUT2D eigenvalue weighted by Crippen LogP contribution is -2.09. The van der Waals surface area contributed by atoms with E-state index in [-0.39, 0.29) is 11.5 Å². The molecule has 0 spiro atoms. The van der Waals surface area contributed by atoms with Crippen molar-refractivity contribution in [2.45, 2.75) is 24.7 Å². The van der Waals surface area contributed by atoms with Gasteiger partial charge in [-0.2, -0.15) is 8.42 Å². The second-order valence-corrected chi connectivity index (χ2v) is 8.51. The van der Waals surface area contributed by atoms with Crippen LogP contribution in [0.25, 0.3) is 0 Å². The predicted molar refractivity (Wildman–Crippen MR) is 112 cm³/mol. The SMILES string of the molecule is Cc1ccc(S(=O)(=O)OCCc2ccc(OC3=Nc4ccccc4C3)cc2)cc1. The average Bonchev–Trinajstić information content (AvgIpc) is 3.12. The van der Waals surface area contributed by atoms with Gasteiger partial charge in [0.1, 0.15) is 5.75 Å². The van der Waals surface area contributed by atoms with Crippen LogP contribution in [0, 0.1) is 6.92 Å². The average molecular weight is 407 g/mol. The number of para-hydroxylation sites is 1. The molecule has 0 bridgehead atoms. The van der Waals surface area contributed by atoms with Gasteiger partial charge in [-0.05, 0) is 54.8 Å². The van der Waals surface area contributed by atoms with Gasteiger partial charge in [0.2, 0.25) is 0 Å². The van der Waals surface area contributed by atoms with Crippen molar-refractivity contribution in [2.24, 2.45) is 4.99 Å². The first-order valence-electron chi connectivity index (χ1n) is 9.38. The monoisotopic (exact) mass is 407 g/mol. The molecule has 1 aliphatic rings. The summed E-state index contributed by atoms with van der Waals surface area (Å²) >= 11 is 0. The fourth-order valence-corrected chi connectivity index (χ4v) is 3.98. The zero-order valence-corrected chi connectivity index (χ0v) is 16.9. The Morgan fingerprint density at radius 1 is 0.931 bits per heavy atom. The number of aliphatic imine (C=N–C) groups is 1. The van der Waals surface area contributed by atoms with Gasteiger partial charge < -0.3 is 4.74 Å². The number of hydrogen-bond acceptors (Lipinski definition) is 5. The lowest BCUT2D eigenvalue weighted by Gasteiger charge is -2.08. The molecule has 0 aromatic heterocycles. The van der Waals surface area contributed by atoms with Gasteiger partial charge in [0.05, 0.1) is 23.6 Å². The molecule has 0 saturated heterocycles. The van der Waals surface area contributed by atoms with Gasteiger partial charge in [0.15, 0.2) is 5.90 Å². The minimum Gasteiger partial charge on any atom is -0.443 e. The normalized spacial score (nSPS) is 13.1. The van der Waals surface area contributed by atoms with Crippen molar-refractivity contribution in [1.29, 1.82) is 0 Å². The van der Waals surface area contributed by atoms with Crippen molar-refractivity contribution in [1.82, 2.24) is 0 Å². The summed E-state index contributed by atoms with van der Waals surface area (Å²) in [5.74, 6) is 1.37. The maximum Gasteiger partial charge on any atom is 0.296 e. The Morgan fingerprint density at radius 2 is 1.66 bits per heavy atom. The summed E-state index contributed by atoms with van der Waals surface area (Å²) in [4.78, 5) is 4.66. The standard InChI is InChI=1S/C23H21NO4S/c1-17-6-12-21(13-7-17)29(25,26)27-15-14-18-8-10-20(11-9-18)28-23-16-19-4-2-3-5-22(19)24-23/h2-13H,14-16H2,1H3. The van der Waals surface area contributed by atoms with Gasteiger partial charge in [-0.15, -0.1) is 0 Å². The summed E-state index contributed by atoms with van der Waals surface area (Å²) in [6.07, 6.45) is 1.17. The molecule has 3 aromatic carbocycles. The Balaban J connectivity index is 1.30. The van der Waals surface area contributed by atoms with Gasteiger partial charge in [0.25, 0.3) is 10.1 Å². The number of hydrogen-bond donors (Lipinski definition) is 0. The highest BCUT2D eigenvalue weighted by atomic mass is 32.2. The number of rotatable bonds is 6. The molecule has 1 aliphatic heterocycles. The third-order valence-corrected chi connectivity index (χ3v) is 6.00. The van der Waals surface area contributed by atoms with Crippen molar-refractivity contribution >= 4 is 21.7 Å². The molecule has 1 heterocycles. The van der Waals surface area contributed by atoms with Crippen LogP contribution in [0.1, 0.15) is 16.7 Å². The number of fused-ring (bicyclic) bond motifs is 1. The van der Waals surface area contributed by atoms with Gasteiger partial charge >= 0.3 is 0 Å². The molecule has 0 atom stereocenters. The first-order valence-corrected chi connectivity index (χ1v) is 10.8. The van der Waals surface area contributed by atoms with Crippen molar-refractivity contribution in [3.63, 3.8) is 0 Å². The predicted octanol–water partition coefficient (Wildman–Crippen LogP) is 4.61. The summed E-state index contributed by atoms with van der Waals surface area (Å²) in [6.45, 7) is 1.99. The van der Waals surface area contributed by atoms with Gasteiger partial charge in [-0.25, -0.2) is 4.99 Å². The van der Waals surface area contributed by atoms with Crippen LogP contribution in [0.3, 0.4) is 0 Å². The second-order valence-electron chi connectivity index (χ2n) is 6.90. The Labute approximate surface area is 170 Å². The smallest absolute Gasteiger partial charge is 0.296 e. The lowest BCUT2D eigenvalue weighted by atomic mass is 10.1. The summed E-state index contributed by atoms with van der Waals surface area (Å²) in [6, 6.07) is 22.1. The molecule has 0 radical (unpaired) electrons. The lowest BCUT2D eigenvalue weighted by molar-refractivity contribution is 0.322. The van der Waals surface area contributed by atoms with E-state index < -0.39 is 10.1 Å². The first kappa shape index (κ1) is 19.4. The van der Waals surface area contributed by atoms with Crippen molar-refractivity contribution in [2.75, 3.05) is 6.61 Å². The second kappa shape index (κ2) is 8.19. The molecule has 0 unspecified atom stereocenters. The van der Waals surface area contributed by atoms with Crippen LogP contribution in [-0.4, -0.2) is 20.9 Å². The zero-order valence-electron chi connectivity index (χ0n) is 16.0. The van der Waals surface area contributed by atoms with Crippen LogP contribution in [0.5, 0.6) is 5.75 Å². The minimum absolute atomic E-state index is 0.0818. The largest absolute Gasteiger partial charge is 0.443 e. The van der Waals surface area contributed by atoms with Crippen molar-refractivity contribution in [3.8, 4) is 5.75 Å². The number of ether oxygens (including phenoxy) is 1. The van der Waals surface area contributed by atoms with Crippen LogP contribution in [-0.2, 0) is 27.1 Å². The van der Waals surface area contributed by atoms with E-state index in [1.54, 1.807) is 24.3 Å². The van der Waals surface area contributed by atoms with E-state index in [1.165, 1.54) is 0 Å². The highest BCUT2D eigenvalue weighted by Gasteiger charge is 2.16. The molecule has 0 aliphatic carbocycles. The fraction of sp³-hybridized carbons (Fsp3) is 0.174. The summed E-state index contributed by atoms with van der Waals surface area (Å²) in [7, 11) is -3.74. The third kappa shape index (κ3) is 4.72. The van der Waals surface area contributed by atoms with Crippen molar-refractivity contribution < 1.29 is 17.3 Å². The Hall–Kier alpha value is -2.96. The van der Waals surface area contributed by atoms with E-state index in [0.717, 1.165) is 22.4 Å². The van der Waals surface area contributed by atoms with Crippen LogP contribution < -0.4 is 4.74 Å². The Kier molecular flexibility index (Phi) is 5.47. The molecule has 0 saturated carbocycles. The van der Waals surface area contributed by atoms with Gasteiger partial charge in [-0.3, -0.25) is 4.18 Å². The molecule has 148 valence electrons. The molecule has 0 fully saturated rings. The van der Waals surface area contributed by atoms with E-state index in [4.69, 9.17) is 8.92 Å². The molecule has 0 amide bonds. The topological polar surface area (TPSA) is 65.0 Å². The molecule has 4 rings (SSSR count). The maximum atomic E-state index is 12.2. The highest BCUT2D eigenvalue weighted by Crippen LogP contribution is 2.27. The molecule has 0 N–H and O–H groups in total. The summed E-state index contributed by atoms with van der Waals surface area (Å²) in [5.41, 5.74) is 4.07. The van der Waals surface area contributed by atoms with Gasteiger partial charge in [0, 0.05) is 0 Å². The number of benzene rings is 3. The van der Waals surface area contributed by atoms with E-state index in [2.05, 4.69) is 4.99 Å². The highest BCUT2D eigenvalue weighted by molar-refractivity contribution is 7.86. The number of nitrogens with zero attached hydrogens (tertiary/aromatic N) is 1. The molecular formula is C23H21NO4S. The molecule has 29 heavy (non-hydrogen) atoms. The third-order valence-electron chi connectivity index (χ3n) is 4.68. The van der Waals surface area contributed by atoms with Gasteiger partial charge in [-0.1, -0.05) is 48.0 Å². The Morgan fingerprint density at radius 3 is 2.38 bits per heavy atom. The molecular weight excluding hydrogens is 386 g/mol. The maximum absolute atomic E-state index is 12.2. The van der Waals surface area contributed by atoms with E-state index in [0.29, 0.717) is 24.5 Å². The molecule has 5 nitrogen and oxygen atoms in total. The minimum atomic E-state index is -3.74. The quantitative estimate of drug-likeness (QED) is 0.560. The Bertz CT molecular complexity index is 1130. The molecule has 3 aromatic rings. The fourth-order valence-electron chi connectivity index (χ4n) is 3.07. The van der Waals surface area contributed by atoms with E-state index in [1.807, 2.05) is 55.5 Å². The van der Waals surface area contributed by atoms with Crippen LogP contribution in [0.4, 0.5) is 5.69 Å². The van der Waals surface area contributed by atoms with E-state index in [9.17, 15) is 8.42 Å². The summed E-state index contributed by atoms with van der Waals surface area (Å²) in [5, 5.41) is 0. The van der Waals surface area contributed by atoms with Crippen molar-refractivity contribution in [3.05, 3.63) is 89.5 Å². The van der Waals surface area contributed by atoms with Crippen LogP contribution in [0.2, 0.25) is 0 Å². The summed E-state index contributed by atoms with van der Waals surface area (Å²) < 4.78 is 35.5. The molecule has 6 heteroatoms.